The first-order valence-corrected chi connectivity index (χ1v) is 9.02. The molecule has 2 rings (SSSR count). The Morgan fingerprint density at radius 3 is 2.84 bits per heavy atom. The van der Waals surface area contributed by atoms with E-state index in [0.29, 0.717) is 10.8 Å². The van der Waals surface area contributed by atoms with Gasteiger partial charge in [0.1, 0.15) is 9.22 Å². The maximum absolute atomic E-state index is 12.1. The highest BCUT2D eigenvalue weighted by Crippen LogP contribution is 2.20. The zero-order valence-electron chi connectivity index (χ0n) is 10.4. The monoisotopic (exact) mass is 317 g/mol. The van der Waals surface area contributed by atoms with Crippen LogP contribution in [0, 0.1) is 0 Å². The molecule has 2 heterocycles. The summed E-state index contributed by atoms with van der Waals surface area (Å²) in [4.78, 5) is 4.04. The van der Waals surface area contributed by atoms with Gasteiger partial charge < -0.3 is 5.32 Å². The second-order valence-electron chi connectivity index (χ2n) is 3.80. The molecular formula is C11H15N3O2S3. The average molecular weight is 317 g/mol. The maximum Gasteiger partial charge on any atom is 0.250 e. The third-order valence-electron chi connectivity index (χ3n) is 2.37. The number of nitrogens with zero attached hydrogens (tertiary/aromatic N) is 1. The summed E-state index contributed by atoms with van der Waals surface area (Å²) in [5, 5.41) is 7.61. The molecule has 0 amide bonds. The number of nitrogens with one attached hydrogen (secondary N) is 2. The Labute approximate surface area is 120 Å². The van der Waals surface area contributed by atoms with E-state index < -0.39 is 10.0 Å². The summed E-state index contributed by atoms with van der Waals surface area (Å²) in [6, 6.07) is 1.71. The molecule has 0 atom stereocenters. The van der Waals surface area contributed by atoms with Gasteiger partial charge in [0.25, 0.3) is 0 Å². The molecule has 0 aliphatic rings. The van der Waals surface area contributed by atoms with Crippen molar-refractivity contribution >= 4 is 32.7 Å². The van der Waals surface area contributed by atoms with Crippen molar-refractivity contribution < 1.29 is 8.42 Å². The Kier molecular flexibility index (Phi) is 5.06. The Hall–Kier alpha value is -0.800. The van der Waals surface area contributed by atoms with E-state index in [2.05, 4.69) is 15.0 Å². The minimum absolute atomic E-state index is 0.237. The first kappa shape index (κ1) is 14.6. The van der Waals surface area contributed by atoms with Gasteiger partial charge in [-0.05, 0) is 23.6 Å². The van der Waals surface area contributed by atoms with Gasteiger partial charge in [0.15, 0.2) is 0 Å². The Morgan fingerprint density at radius 1 is 1.32 bits per heavy atom. The van der Waals surface area contributed by atoms with Crippen LogP contribution in [-0.4, -0.2) is 19.9 Å². The predicted molar refractivity (Wildman–Crippen MR) is 77.8 cm³/mol. The summed E-state index contributed by atoms with van der Waals surface area (Å²) < 4.78 is 27.0. The lowest BCUT2D eigenvalue weighted by Crippen LogP contribution is -2.22. The van der Waals surface area contributed by atoms with Gasteiger partial charge in [-0.1, -0.05) is 6.92 Å². The van der Waals surface area contributed by atoms with Crippen molar-refractivity contribution in [2.45, 2.75) is 24.2 Å². The molecule has 0 aliphatic heterocycles. The van der Waals surface area contributed by atoms with Gasteiger partial charge >= 0.3 is 0 Å². The number of sulfonamides is 1. The van der Waals surface area contributed by atoms with Gasteiger partial charge in [-0.2, -0.15) is 0 Å². The van der Waals surface area contributed by atoms with Crippen LogP contribution in [0.3, 0.4) is 0 Å². The summed E-state index contributed by atoms with van der Waals surface area (Å²) in [6.45, 7) is 3.80. The number of hydrogen-bond acceptors (Lipinski definition) is 6. The van der Waals surface area contributed by atoms with E-state index in [4.69, 9.17) is 0 Å². The minimum atomic E-state index is -3.43. The second kappa shape index (κ2) is 6.58. The normalized spacial score (nSPS) is 11.8. The van der Waals surface area contributed by atoms with Gasteiger partial charge in [-0.25, -0.2) is 18.1 Å². The van der Waals surface area contributed by atoms with Gasteiger partial charge in [0.2, 0.25) is 10.0 Å². The highest BCUT2D eigenvalue weighted by Gasteiger charge is 2.16. The highest BCUT2D eigenvalue weighted by atomic mass is 32.2. The van der Waals surface area contributed by atoms with Crippen LogP contribution in [0.1, 0.15) is 17.5 Å². The summed E-state index contributed by atoms with van der Waals surface area (Å²) >= 11 is 2.67. The molecule has 8 heteroatoms. The van der Waals surface area contributed by atoms with Crippen molar-refractivity contribution in [2.24, 2.45) is 0 Å². The summed E-state index contributed by atoms with van der Waals surface area (Å²) in [5.41, 5.74) is 0.987. The van der Waals surface area contributed by atoms with Gasteiger partial charge in [0, 0.05) is 18.1 Å². The van der Waals surface area contributed by atoms with Gasteiger partial charge in [-0.3, -0.25) is 0 Å². The molecule has 0 aromatic carbocycles. The SMILES string of the molecule is CCNCc1csc(S(=O)(=O)NCc2nccs2)c1. The number of thiazole rings is 1. The lowest BCUT2D eigenvalue weighted by molar-refractivity contribution is 0.583. The molecule has 0 radical (unpaired) electrons. The molecule has 19 heavy (non-hydrogen) atoms. The molecule has 2 N–H and O–H groups in total. The fourth-order valence-electron chi connectivity index (χ4n) is 1.42. The van der Waals surface area contributed by atoms with Crippen LogP contribution >= 0.6 is 22.7 Å². The highest BCUT2D eigenvalue weighted by molar-refractivity contribution is 7.91. The van der Waals surface area contributed by atoms with Crippen molar-refractivity contribution in [1.29, 1.82) is 0 Å². The fourth-order valence-corrected chi connectivity index (χ4v) is 4.31. The third kappa shape index (κ3) is 4.08. The van der Waals surface area contributed by atoms with Crippen LogP contribution < -0.4 is 10.0 Å². The Balaban J connectivity index is 2.00. The minimum Gasteiger partial charge on any atom is -0.313 e. The van der Waals surface area contributed by atoms with Crippen molar-refractivity contribution in [3.63, 3.8) is 0 Å². The molecular weight excluding hydrogens is 302 g/mol. The smallest absolute Gasteiger partial charge is 0.250 e. The van der Waals surface area contributed by atoms with Crippen LogP contribution in [0.4, 0.5) is 0 Å². The lowest BCUT2D eigenvalue weighted by atomic mass is 10.3. The molecule has 5 nitrogen and oxygen atoms in total. The largest absolute Gasteiger partial charge is 0.313 e. The fraction of sp³-hybridized carbons (Fsp3) is 0.364. The molecule has 104 valence electrons. The number of aromatic nitrogens is 1. The van der Waals surface area contributed by atoms with E-state index in [0.717, 1.165) is 17.1 Å². The molecule has 0 saturated carbocycles. The predicted octanol–water partition coefficient (Wildman–Crippen LogP) is 1.79. The van der Waals surface area contributed by atoms with Crippen LogP contribution in [0.5, 0.6) is 0 Å². The average Bonchev–Trinajstić information content (AvgIpc) is 3.05. The zero-order valence-corrected chi connectivity index (χ0v) is 12.9. The summed E-state index contributed by atoms with van der Waals surface area (Å²) in [5.74, 6) is 0. The van der Waals surface area contributed by atoms with E-state index in [1.807, 2.05) is 17.7 Å². The van der Waals surface area contributed by atoms with Gasteiger partial charge in [-0.15, -0.1) is 22.7 Å². The third-order valence-corrected chi connectivity index (χ3v) is 6.04. The topological polar surface area (TPSA) is 71.1 Å². The second-order valence-corrected chi connectivity index (χ2v) is 7.69. The van der Waals surface area contributed by atoms with E-state index in [1.54, 1.807) is 12.3 Å². The zero-order chi connectivity index (χ0) is 13.7. The Bertz CT molecular complexity index is 605. The molecule has 2 aromatic rings. The quantitative estimate of drug-likeness (QED) is 0.817. The molecule has 0 bridgehead atoms. The molecule has 0 fully saturated rings. The molecule has 0 aliphatic carbocycles. The number of rotatable bonds is 7. The first-order valence-electron chi connectivity index (χ1n) is 5.78. The summed E-state index contributed by atoms with van der Waals surface area (Å²) in [6.07, 6.45) is 1.66. The Morgan fingerprint density at radius 2 is 2.16 bits per heavy atom. The number of thiophene rings is 1. The lowest BCUT2D eigenvalue weighted by Gasteiger charge is -2.02. The number of hydrogen-bond donors (Lipinski definition) is 2. The standard InChI is InChI=1S/C11H15N3O2S3/c1-2-12-6-9-5-11(18-8-9)19(15,16)14-7-10-13-3-4-17-10/h3-5,8,12,14H,2,6-7H2,1H3. The molecule has 0 unspecified atom stereocenters. The summed E-state index contributed by atoms with van der Waals surface area (Å²) in [7, 11) is -3.43. The molecule has 0 spiro atoms. The maximum atomic E-state index is 12.1. The van der Waals surface area contributed by atoms with Crippen molar-refractivity contribution in [3.8, 4) is 0 Å². The van der Waals surface area contributed by atoms with Crippen molar-refractivity contribution in [2.75, 3.05) is 6.54 Å². The van der Waals surface area contributed by atoms with Crippen LogP contribution in [0.2, 0.25) is 0 Å². The molecule has 2 aromatic heterocycles. The van der Waals surface area contributed by atoms with Crippen molar-refractivity contribution in [1.82, 2.24) is 15.0 Å². The van der Waals surface area contributed by atoms with Crippen molar-refractivity contribution in [3.05, 3.63) is 33.6 Å². The van der Waals surface area contributed by atoms with Crippen LogP contribution in [0.15, 0.2) is 27.2 Å². The van der Waals surface area contributed by atoms with E-state index in [1.165, 1.54) is 22.7 Å². The van der Waals surface area contributed by atoms with E-state index in [9.17, 15) is 8.42 Å². The van der Waals surface area contributed by atoms with Crippen LogP contribution in [0.25, 0.3) is 0 Å². The molecule has 0 saturated heterocycles. The van der Waals surface area contributed by atoms with Crippen LogP contribution in [-0.2, 0) is 23.1 Å². The van der Waals surface area contributed by atoms with Gasteiger partial charge in [0.05, 0.1) is 6.54 Å². The van der Waals surface area contributed by atoms with E-state index in [-0.39, 0.29) is 6.54 Å². The van der Waals surface area contributed by atoms with E-state index >= 15 is 0 Å². The first-order chi connectivity index (χ1) is 9.12.